The van der Waals surface area contributed by atoms with Gasteiger partial charge in [0.1, 0.15) is 5.75 Å². The van der Waals surface area contributed by atoms with Gasteiger partial charge in [0.25, 0.3) is 0 Å². The van der Waals surface area contributed by atoms with Crippen LogP contribution in [0.4, 0.5) is 5.69 Å². The molecule has 15 heavy (non-hydrogen) atoms. The zero-order valence-corrected chi connectivity index (χ0v) is 12.2. The second-order valence-electron chi connectivity index (χ2n) is 2.50. The number of anilines is 1. The molecule has 3 nitrogen and oxygen atoms in total. The highest BCUT2D eigenvalue weighted by Gasteiger charge is 2.04. The van der Waals surface area contributed by atoms with E-state index in [4.69, 9.17) is 21.7 Å². The van der Waals surface area contributed by atoms with Crippen LogP contribution in [-0.4, -0.2) is 18.5 Å². The van der Waals surface area contributed by atoms with Crippen molar-refractivity contribution in [1.29, 1.82) is 5.41 Å². The Labute approximate surface area is 115 Å². The number of thioether (sulfide) groups is 1. The third kappa shape index (κ3) is 4.48. The Bertz CT molecular complexity index is 349. The van der Waals surface area contributed by atoms with Crippen molar-refractivity contribution >= 4 is 58.2 Å². The molecule has 2 N–H and O–H groups in total. The van der Waals surface area contributed by atoms with Gasteiger partial charge in [-0.05, 0) is 24.5 Å². The van der Waals surface area contributed by atoms with E-state index in [2.05, 4.69) is 5.32 Å². The Morgan fingerprint density at radius 1 is 1.53 bits per heavy atom. The second-order valence-corrected chi connectivity index (χ2v) is 3.76. The fourth-order valence-corrected chi connectivity index (χ4v) is 1.34. The van der Waals surface area contributed by atoms with E-state index in [1.165, 1.54) is 11.8 Å². The first kappa shape index (κ1) is 14.9. The van der Waals surface area contributed by atoms with Gasteiger partial charge in [0.2, 0.25) is 0 Å². The van der Waals surface area contributed by atoms with Crippen molar-refractivity contribution in [3.8, 4) is 5.75 Å². The van der Waals surface area contributed by atoms with Crippen LogP contribution in [0.5, 0.6) is 5.75 Å². The van der Waals surface area contributed by atoms with Crippen LogP contribution in [0.15, 0.2) is 18.2 Å². The minimum Gasteiger partial charge on any atom is -0.495 e. The molecule has 0 atom stereocenters. The molecule has 0 saturated carbocycles. The van der Waals surface area contributed by atoms with Crippen LogP contribution in [0.1, 0.15) is 0 Å². The van der Waals surface area contributed by atoms with Crippen LogP contribution in [0.3, 0.4) is 0 Å². The maximum Gasteiger partial charge on any atom is 0.158 e. The van der Waals surface area contributed by atoms with Crippen LogP contribution < -0.4 is 10.1 Å². The Morgan fingerprint density at radius 2 is 2.20 bits per heavy atom. The summed E-state index contributed by atoms with van der Waals surface area (Å²) in [5, 5.41) is 11.3. The first-order valence-corrected chi connectivity index (χ1v) is 5.50. The lowest BCUT2D eigenvalue weighted by atomic mass is 10.3. The van der Waals surface area contributed by atoms with Crippen LogP contribution in [0, 0.1) is 5.41 Å². The van der Waals surface area contributed by atoms with Gasteiger partial charge < -0.3 is 10.1 Å². The molecule has 1 aromatic carbocycles. The maximum absolute atomic E-state index is 7.47. The van der Waals surface area contributed by atoms with Gasteiger partial charge in [0.05, 0.1) is 12.8 Å². The molecule has 0 aliphatic rings. The molecule has 6 heteroatoms. The standard InChI is InChI=1S/C9H11ClN2OS.HI/c1-13-8-4-3-6(10)5-7(8)12-9(11)14-2;/h3-5H,1-2H3,(H2,11,12);1H. The first-order chi connectivity index (χ1) is 6.67. The van der Waals surface area contributed by atoms with Gasteiger partial charge in [-0.25, -0.2) is 0 Å². The molecule has 0 aliphatic carbocycles. The average Bonchev–Trinajstić information content (AvgIpc) is 2.18. The van der Waals surface area contributed by atoms with E-state index < -0.39 is 0 Å². The number of nitrogens with one attached hydrogen (secondary N) is 2. The lowest BCUT2D eigenvalue weighted by molar-refractivity contribution is 0.417. The van der Waals surface area contributed by atoms with Gasteiger partial charge in [-0.1, -0.05) is 23.4 Å². The average molecular weight is 359 g/mol. The van der Waals surface area contributed by atoms with Gasteiger partial charge in [-0.15, -0.1) is 24.0 Å². The molecule has 0 amide bonds. The van der Waals surface area contributed by atoms with E-state index in [1.54, 1.807) is 25.3 Å². The predicted molar refractivity (Wildman–Crippen MR) is 78.3 cm³/mol. The summed E-state index contributed by atoms with van der Waals surface area (Å²) in [6.45, 7) is 0. The monoisotopic (exact) mass is 358 g/mol. The smallest absolute Gasteiger partial charge is 0.158 e. The number of hydrogen-bond acceptors (Lipinski definition) is 3. The quantitative estimate of drug-likeness (QED) is 0.481. The highest BCUT2D eigenvalue weighted by Crippen LogP contribution is 2.28. The molecule has 0 heterocycles. The summed E-state index contributed by atoms with van der Waals surface area (Å²) in [4.78, 5) is 0. The Hall–Kier alpha value is -0.140. The number of amidine groups is 1. The van der Waals surface area contributed by atoms with Crippen LogP contribution in [-0.2, 0) is 0 Å². The largest absolute Gasteiger partial charge is 0.495 e. The van der Waals surface area contributed by atoms with Crippen molar-refractivity contribution < 1.29 is 4.74 Å². The Balaban J connectivity index is 0.00000196. The predicted octanol–water partition coefficient (Wildman–Crippen LogP) is 3.68. The molecule has 0 saturated heterocycles. The van der Waals surface area contributed by atoms with Crippen molar-refractivity contribution in [3.63, 3.8) is 0 Å². The molecule has 84 valence electrons. The van der Waals surface area contributed by atoms with Gasteiger partial charge >= 0.3 is 0 Å². The molecule has 1 aromatic rings. The number of halogens is 2. The van der Waals surface area contributed by atoms with Crippen molar-refractivity contribution in [2.45, 2.75) is 0 Å². The maximum atomic E-state index is 7.47. The molecule has 0 fully saturated rings. The van der Waals surface area contributed by atoms with E-state index in [9.17, 15) is 0 Å². The summed E-state index contributed by atoms with van der Waals surface area (Å²) in [5.41, 5.74) is 0.708. The highest BCUT2D eigenvalue weighted by molar-refractivity contribution is 14.0. The van der Waals surface area contributed by atoms with Crippen LogP contribution in [0.2, 0.25) is 5.02 Å². The fraction of sp³-hybridized carbons (Fsp3) is 0.222. The van der Waals surface area contributed by atoms with Crippen molar-refractivity contribution in [3.05, 3.63) is 23.2 Å². The van der Waals surface area contributed by atoms with Crippen LogP contribution in [0.25, 0.3) is 0 Å². The molecule has 1 rings (SSSR count). The summed E-state index contributed by atoms with van der Waals surface area (Å²) in [7, 11) is 1.58. The summed E-state index contributed by atoms with van der Waals surface area (Å²) in [6, 6.07) is 5.23. The summed E-state index contributed by atoms with van der Waals surface area (Å²) < 4.78 is 5.12. The van der Waals surface area contributed by atoms with Crippen molar-refractivity contribution in [1.82, 2.24) is 0 Å². The fourth-order valence-electron chi connectivity index (χ4n) is 0.951. The third-order valence-electron chi connectivity index (χ3n) is 1.61. The normalized spacial score (nSPS) is 9.00. The molecule has 0 radical (unpaired) electrons. The number of rotatable bonds is 2. The lowest BCUT2D eigenvalue weighted by Crippen LogP contribution is -2.06. The molecule has 0 bridgehead atoms. The summed E-state index contributed by atoms with van der Waals surface area (Å²) >= 11 is 7.15. The lowest BCUT2D eigenvalue weighted by Gasteiger charge is -2.10. The van der Waals surface area contributed by atoms with Gasteiger partial charge in [0, 0.05) is 5.02 Å². The zero-order valence-electron chi connectivity index (χ0n) is 8.33. The van der Waals surface area contributed by atoms with E-state index in [-0.39, 0.29) is 24.0 Å². The minimum atomic E-state index is 0. The van der Waals surface area contributed by atoms with Crippen LogP contribution >= 0.6 is 47.3 Å². The summed E-state index contributed by atoms with van der Waals surface area (Å²) in [6.07, 6.45) is 1.83. The van der Waals surface area contributed by atoms with E-state index in [0.29, 0.717) is 21.6 Å². The molecular weight excluding hydrogens is 347 g/mol. The van der Waals surface area contributed by atoms with Crippen molar-refractivity contribution in [2.24, 2.45) is 0 Å². The number of methoxy groups -OCH3 is 1. The highest BCUT2D eigenvalue weighted by atomic mass is 127. The minimum absolute atomic E-state index is 0. The SMILES string of the molecule is COc1ccc(Cl)cc1NC(=N)SC.I. The molecule has 0 unspecified atom stereocenters. The number of hydrogen-bond donors (Lipinski definition) is 2. The number of benzene rings is 1. The topological polar surface area (TPSA) is 45.1 Å². The molecule has 0 aromatic heterocycles. The Morgan fingerprint density at radius 3 is 2.73 bits per heavy atom. The molecule has 0 spiro atoms. The Kier molecular flexibility index (Phi) is 7.12. The second kappa shape index (κ2) is 7.19. The third-order valence-corrected chi connectivity index (χ3v) is 2.36. The molecular formula is C9H12ClIN2OS. The van der Waals surface area contributed by atoms with Crippen molar-refractivity contribution in [2.75, 3.05) is 18.7 Å². The zero-order chi connectivity index (χ0) is 10.6. The van der Waals surface area contributed by atoms with E-state index in [0.717, 1.165) is 0 Å². The first-order valence-electron chi connectivity index (χ1n) is 3.90. The summed E-state index contributed by atoms with van der Waals surface area (Å²) in [5.74, 6) is 0.674. The van der Waals surface area contributed by atoms with Gasteiger partial charge in [-0.2, -0.15) is 0 Å². The molecule has 0 aliphatic heterocycles. The van der Waals surface area contributed by atoms with Gasteiger partial charge in [-0.3, -0.25) is 5.41 Å². The number of ether oxygens (including phenoxy) is 1. The van der Waals surface area contributed by atoms with Gasteiger partial charge in [0.15, 0.2) is 5.17 Å². The van der Waals surface area contributed by atoms with E-state index in [1.807, 2.05) is 6.26 Å². The van der Waals surface area contributed by atoms with E-state index >= 15 is 0 Å².